The Morgan fingerprint density at radius 1 is 1.16 bits per heavy atom. The Morgan fingerprint density at radius 2 is 1.92 bits per heavy atom. The van der Waals surface area contributed by atoms with E-state index in [0.717, 1.165) is 12.8 Å². The maximum Gasteiger partial charge on any atom is 0.311 e. The van der Waals surface area contributed by atoms with Gasteiger partial charge in [-0.25, -0.2) is 0 Å². The van der Waals surface area contributed by atoms with Gasteiger partial charge >= 0.3 is 5.97 Å². The molecule has 1 aliphatic carbocycles. The summed E-state index contributed by atoms with van der Waals surface area (Å²) in [5, 5.41) is 11.9. The Morgan fingerprint density at radius 3 is 2.72 bits per heavy atom. The van der Waals surface area contributed by atoms with Gasteiger partial charge in [0.1, 0.15) is 0 Å². The van der Waals surface area contributed by atoms with Gasteiger partial charge in [-0.3, -0.25) is 9.59 Å². The Labute approximate surface area is 147 Å². The van der Waals surface area contributed by atoms with Crippen molar-refractivity contribution in [3.8, 4) is 0 Å². The number of hydrogen-bond donors (Lipinski definition) is 1. The lowest BCUT2D eigenvalue weighted by Crippen LogP contribution is -2.49. The molecule has 1 saturated carbocycles. The molecule has 0 aromatic heterocycles. The van der Waals surface area contributed by atoms with Crippen molar-refractivity contribution < 1.29 is 14.7 Å². The van der Waals surface area contributed by atoms with E-state index in [4.69, 9.17) is 0 Å². The van der Waals surface area contributed by atoms with Gasteiger partial charge in [-0.05, 0) is 48.4 Å². The molecule has 130 valence electrons. The molecule has 2 aliphatic rings. The lowest BCUT2D eigenvalue weighted by atomic mass is 9.82. The molecule has 2 fully saturated rings. The van der Waals surface area contributed by atoms with Gasteiger partial charge < -0.3 is 10.0 Å². The maximum atomic E-state index is 12.9. The molecule has 0 bridgehead atoms. The van der Waals surface area contributed by atoms with Gasteiger partial charge in [0.2, 0.25) is 5.91 Å². The molecule has 3 atom stereocenters. The molecule has 1 amide bonds. The number of rotatable bonds is 3. The minimum atomic E-state index is -0.808. The van der Waals surface area contributed by atoms with E-state index < -0.39 is 11.4 Å². The molecule has 2 aromatic rings. The van der Waals surface area contributed by atoms with Crippen LogP contribution in [0.5, 0.6) is 0 Å². The summed E-state index contributed by atoms with van der Waals surface area (Å²) in [4.78, 5) is 26.2. The summed E-state index contributed by atoms with van der Waals surface area (Å²) >= 11 is 0. The molecule has 1 N–H and O–H groups in total. The third kappa shape index (κ3) is 2.80. The van der Waals surface area contributed by atoms with Crippen molar-refractivity contribution in [1.29, 1.82) is 0 Å². The number of carbonyl (C=O) groups excluding carboxylic acids is 1. The third-order valence-electron chi connectivity index (χ3n) is 5.85. The number of nitrogens with zero attached hydrogens (tertiary/aromatic N) is 1. The Balaban J connectivity index is 1.53. The smallest absolute Gasteiger partial charge is 0.311 e. The van der Waals surface area contributed by atoms with Crippen molar-refractivity contribution in [2.24, 2.45) is 11.3 Å². The highest BCUT2D eigenvalue weighted by Crippen LogP contribution is 2.50. The zero-order valence-corrected chi connectivity index (χ0v) is 14.4. The highest BCUT2D eigenvalue weighted by Gasteiger charge is 2.48. The van der Waals surface area contributed by atoms with Gasteiger partial charge in [-0.15, -0.1) is 0 Å². The largest absolute Gasteiger partial charge is 0.481 e. The second kappa shape index (κ2) is 5.87. The molecule has 4 heteroatoms. The van der Waals surface area contributed by atoms with Gasteiger partial charge in [0.15, 0.2) is 0 Å². The van der Waals surface area contributed by atoms with Crippen LogP contribution >= 0.6 is 0 Å². The second-order valence-corrected chi connectivity index (χ2v) is 7.75. The Bertz CT molecular complexity index is 841. The maximum absolute atomic E-state index is 12.9. The average Bonchev–Trinajstić information content (AvgIpc) is 3.41. The van der Waals surface area contributed by atoms with E-state index in [2.05, 4.69) is 30.3 Å². The predicted molar refractivity (Wildman–Crippen MR) is 96.4 cm³/mol. The minimum Gasteiger partial charge on any atom is -0.481 e. The van der Waals surface area contributed by atoms with Gasteiger partial charge in [0.05, 0.1) is 5.41 Å². The monoisotopic (exact) mass is 337 g/mol. The van der Waals surface area contributed by atoms with Crippen LogP contribution in [-0.2, 0) is 9.59 Å². The second-order valence-electron chi connectivity index (χ2n) is 7.75. The van der Waals surface area contributed by atoms with E-state index in [1.807, 2.05) is 12.1 Å². The Kier molecular flexibility index (Phi) is 3.78. The van der Waals surface area contributed by atoms with Crippen LogP contribution in [0, 0.1) is 11.3 Å². The molecule has 1 saturated heterocycles. The lowest BCUT2D eigenvalue weighted by molar-refractivity contribution is -0.153. The van der Waals surface area contributed by atoms with Gasteiger partial charge in [0.25, 0.3) is 0 Å². The van der Waals surface area contributed by atoms with Crippen molar-refractivity contribution in [3.05, 3.63) is 48.0 Å². The standard InChI is InChI=1S/C21H23NO3/c1-21(20(24)25)10-5-11-22(13-21)19(23)18-12-17(18)16-9-4-7-14-6-2-3-8-15(14)16/h2-4,6-9,17-18H,5,10-13H2,1H3,(H,24,25). The molecule has 0 spiro atoms. The molecular formula is C21H23NO3. The van der Waals surface area contributed by atoms with Crippen LogP contribution in [0.25, 0.3) is 10.8 Å². The quantitative estimate of drug-likeness (QED) is 0.930. The first-order chi connectivity index (χ1) is 12.0. The van der Waals surface area contributed by atoms with Crippen molar-refractivity contribution >= 4 is 22.6 Å². The normalized spacial score (nSPS) is 28.8. The topological polar surface area (TPSA) is 57.6 Å². The summed E-state index contributed by atoms with van der Waals surface area (Å²) in [6.45, 7) is 2.77. The highest BCUT2D eigenvalue weighted by molar-refractivity contribution is 5.90. The fourth-order valence-corrected chi connectivity index (χ4v) is 4.22. The zero-order valence-electron chi connectivity index (χ0n) is 14.4. The van der Waals surface area contributed by atoms with Crippen LogP contribution in [0.2, 0.25) is 0 Å². The van der Waals surface area contributed by atoms with Crippen LogP contribution in [0.4, 0.5) is 0 Å². The van der Waals surface area contributed by atoms with Gasteiger partial charge in [-0.1, -0.05) is 42.5 Å². The summed E-state index contributed by atoms with van der Waals surface area (Å²) in [6.07, 6.45) is 2.27. The molecule has 4 rings (SSSR count). The van der Waals surface area contributed by atoms with E-state index in [0.29, 0.717) is 19.5 Å². The summed E-state index contributed by atoms with van der Waals surface area (Å²) in [5.74, 6) is -0.407. The van der Waals surface area contributed by atoms with Gasteiger partial charge in [0, 0.05) is 19.0 Å². The van der Waals surface area contributed by atoms with Crippen LogP contribution in [0.3, 0.4) is 0 Å². The van der Waals surface area contributed by atoms with Crippen LogP contribution < -0.4 is 0 Å². The minimum absolute atomic E-state index is 0.00181. The van der Waals surface area contributed by atoms with Crippen molar-refractivity contribution in [1.82, 2.24) is 4.90 Å². The van der Waals surface area contributed by atoms with E-state index >= 15 is 0 Å². The summed E-state index contributed by atoms with van der Waals surface area (Å²) in [6, 6.07) is 14.6. The number of carbonyl (C=O) groups is 2. The molecule has 4 nitrogen and oxygen atoms in total. The number of carboxylic acids is 1. The summed E-state index contributed by atoms with van der Waals surface area (Å²) in [5.41, 5.74) is 0.437. The van der Waals surface area contributed by atoms with Gasteiger partial charge in [-0.2, -0.15) is 0 Å². The lowest BCUT2D eigenvalue weighted by Gasteiger charge is -2.37. The summed E-state index contributed by atoms with van der Waals surface area (Å²) in [7, 11) is 0. The van der Waals surface area contributed by atoms with Crippen molar-refractivity contribution in [3.63, 3.8) is 0 Å². The fraction of sp³-hybridized carbons (Fsp3) is 0.429. The number of piperidine rings is 1. The van der Waals surface area contributed by atoms with E-state index in [9.17, 15) is 14.7 Å². The van der Waals surface area contributed by atoms with E-state index in [1.165, 1.54) is 16.3 Å². The number of carboxylic acid groups (broad SMARTS) is 1. The number of amides is 1. The number of hydrogen-bond acceptors (Lipinski definition) is 2. The first-order valence-corrected chi connectivity index (χ1v) is 8.99. The Hall–Kier alpha value is -2.36. The fourth-order valence-electron chi connectivity index (χ4n) is 4.22. The zero-order chi connectivity index (χ0) is 17.6. The SMILES string of the molecule is CC1(C(=O)O)CCCN(C(=O)C2CC2c2cccc3ccccc23)C1. The highest BCUT2D eigenvalue weighted by atomic mass is 16.4. The van der Waals surface area contributed by atoms with Crippen LogP contribution in [0.1, 0.15) is 37.7 Å². The molecule has 2 aromatic carbocycles. The number of fused-ring (bicyclic) bond motifs is 1. The first-order valence-electron chi connectivity index (χ1n) is 8.99. The van der Waals surface area contributed by atoms with Crippen molar-refractivity contribution in [2.45, 2.75) is 32.1 Å². The van der Waals surface area contributed by atoms with E-state index in [1.54, 1.807) is 11.8 Å². The van der Waals surface area contributed by atoms with Crippen LogP contribution in [0.15, 0.2) is 42.5 Å². The third-order valence-corrected chi connectivity index (χ3v) is 5.85. The first kappa shape index (κ1) is 16.1. The number of aliphatic carboxylic acids is 1. The molecule has 25 heavy (non-hydrogen) atoms. The average molecular weight is 337 g/mol. The van der Waals surface area contributed by atoms with E-state index in [-0.39, 0.29) is 17.7 Å². The molecule has 3 unspecified atom stereocenters. The van der Waals surface area contributed by atoms with Crippen molar-refractivity contribution in [2.75, 3.05) is 13.1 Å². The molecular weight excluding hydrogens is 314 g/mol. The predicted octanol–water partition coefficient (Wildman–Crippen LogP) is 3.66. The molecule has 1 aliphatic heterocycles. The number of likely N-dealkylation sites (tertiary alicyclic amines) is 1. The summed E-state index contributed by atoms with van der Waals surface area (Å²) < 4.78 is 0. The molecule has 0 radical (unpaired) electrons. The molecule has 1 heterocycles. The number of benzene rings is 2. The van der Waals surface area contributed by atoms with Crippen LogP contribution in [-0.4, -0.2) is 35.0 Å².